The molecule has 0 aliphatic heterocycles. The Kier molecular flexibility index (Phi) is 4.08. The van der Waals surface area contributed by atoms with Crippen LogP contribution in [0.4, 0.5) is 0 Å². The molecule has 2 rings (SSSR count). The van der Waals surface area contributed by atoms with Gasteiger partial charge in [0.05, 0.1) is 19.8 Å². The van der Waals surface area contributed by atoms with Crippen molar-refractivity contribution in [3.05, 3.63) is 65.8 Å². The van der Waals surface area contributed by atoms with Gasteiger partial charge in [-0.25, -0.2) is 0 Å². The highest BCUT2D eigenvalue weighted by molar-refractivity contribution is 5.68. The molecule has 3 heteroatoms. The van der Waals surface area contributed by atoms with Gasteiger partial charge in [-0.1, -0.05) is 30.4 Å². The summed E-state index contributed by atoms with van der Waals surface area (Å²) in [6.07, 6.45) is 11.3. The SMILES string of the molecule is COc1ccc(OC)c(C(O)=CC=C2C=CC=C2)c1. The number of aliphatic hydroxyl groups excluding tert-OH is 1. The van der Waals surface area contributed by atoms with Crippen molar-refractivity contribution in [2.75, 3.05) is 14.2 Å². The fraction of sp³-hybridized carbons (Fsp3) is 0.125. The van der Waals surface area contributed by atoms with Crippen LogP contribution in [-0.2, 0) is 0 Å². The number of aliphatic hydroxyl groups is 1. The maximum absolute atomic E-state index is 10.1. The number of hydrogen-bond acceptors (Lipinski definition) is 3. The largest absolute Gasteiger partial charge is 0.507 e. The third-order valence-corrected chi connectivity index (χ3v) is 2.80. The Hall–Kier alpha value is -2.42. The Morgan fingerprint density at radius 2 is 1.84 bits per heavy atom. The Morgan fingerprint density at radius 3 is 2.47 bits per heavy atom. The predicted octanol–water partition coefficient (Wildman–Crippen LogP) is 3.66. The Balaban J connectivity index is 2.33. The molecule has 0 aromatic heterocycles. The first-order valence-corrected chi connectivity index (χ1v) is 5.92. The van der Waals surface area contributed by atoms with Crippen LogP contribution in [0.2, 0.25) is 0 Å². The second-order valence-electron chi connectivity index (χ2n) is 4.00. The molecule has 1 N–H and O–H groups in total. The average Bonchev–Trinajstić information content (AvgIpc) is 2.97. The zero-order valence-corrected chi connectivity index (χ0v) is 11.0. The first-order valence-electron chi connectivity index (χ1n) is 5.92. The van der Waals surface area contributed by atoms with Crippen LogP contribution in [0, 0.1) is 0 Å². The van der Waals surface area contributed by atoms with Gasteiger partial charge in [-0.3, -0.25) is 0 Å². The van der Waals surface area contributed by atoms with E-state index in [4.69, 9.17) is 9.47 Å². The highest BCUT2D eigenvalue weighted by Crippen LogP contribution is 2.29. The van der Waals surface area contributed by atoms with Crippen LogP contribution in [-0.4, -0.2) is 19.3 Å². The molecule has 1 aromatic carbocycles. The number of allylic oxidation sites excluding steroid dienone is 7. The number of ether oxygens (including phenoxy) is 2. The van der Waals surface area contributed by atoms with Gasteiger partial charge >= 0.3 is 0 Å². The van der Waals surface area contributed by atoms with Crippen molar-refractivity contribution in [3.63, 3.8) is 0 Å². The van der Waals surface area contributed by atoms with E-state index in [-0.39, 0.29) is 5.76 Å². The van der Waals surface area contributed by atoms with Gasteiger partial charge < -0.3 is 14.6 Å². The number of methoxy groups -OCH3 is 2. The topological polar surface area (TPSA) is 38.7 Å². The van der Waals surface area contributed by atoms with Crippen molar-refractivity contribution in [2.24, 2.45) is 0 Å². The van der Waals surface area contributed by atoms with E-state index in [0.29, 0.717) is 17.1 Å². The zero-order valence-electron chi connectivity index (χ0n) is 11.0. The van der Waals surface area contributed by atoms with Crippen LogP contribution in [0.5, 0.6) is 11.5 Å². The van der Waals surface area contributed by atoms with Crippen molar-refractivity contribution in [3.8, 4) is 11.5 Å². The van der Waals surface area contributed by atoms with Crippen LogP contribution >= 0.6 is 0 Å². The Labute approximate surface area is 112 Å². The molecule has 0 heterocycles. The first kappa shape index (κ1) is 13.0. The minimum absolute atomic E-state index is 0.136. The molecule has 1 aliphatic rings. The van der Waals surface area contributed by atoms with Gasteiger partial charge in [0.15, 0.2) is 0 Å². The van der Waals surface area contributed by atoms with E-state index in [0.717, 1.165) is 5.57 Å². The summed E-state index contributed by atoms with van der Waals surface area (Å²) in [5.74, 6) is 1.41. The summed E-state index contributed by atoms with van der Waals surface area (Å²) in [5.41, 5.74) is 1.64. The molecule has 0 atom stereocenters. The fourth-order valence-corrected chi connectivity index (χ4v) is 1.78. The van der Waals surface area contributed by atoms with Gasteiger partial charge in [-0.15, -0.1) is 0 Å². The van der Waals surface area contributed by atoms with Crippen LogP contribution in [0.3, 0.4) is 0 Å². The van der Waals surface area contributed by atoms with Crippen molar-refractivity contribution < 1.29 is 14.6 Å². The first-order chi connectivity index (χ1) is 9.24. The maximum Gasteiger partial charge on any atom is 0.130 e. The van der Waals surface area contributed by atoms with Crippen molar-refractivity contribution in [1.29, 1.82) is 0 Å². The standard InChI is InChI=1S/C16H16O3/c1-18-13-8-10-16(19-2)14(11-13)15(17)9-7-12-5-3-4-6-12/h3-11,17H,1-2H3. The smallest absolute Gasteiger partial charge is 0.130 e. The highest BCUT2D eigenvalue weighted by Gasteiger charge is 2.08. The van der Waals surface area contributed by atoms with E-state index in [9.17, 15) is 5.11 Å². The molecular weight excluding hydrogens is 240 g/mol. The van der Waals surface area contributed by atoms with Gasteiger partial charge in [-0.05, 0) is 29.8 Å². The lowest BCUT2D eigenvalue weighted by Gasteiger charge is -2.09. The normalized spacial score (nSPS) is 13.8. The molecular formula is C16H16O3. The van der Waals surface area contributed by atoms with E-state index in [1.807, 2.05) is 30.4 Å². The van der Waals surface area contributed by atoms with Gasteiger partial charge in [-0.2, -0.15) is 0 Å². The third-order valence-electron chi connectivity index (χ3n) is 2.80. The van der Waals surface area contributed by atoms with E-state index >= 15 is 0 Å². The number of benzene rings is 1. The van der Waals surface area contributed by atoms with Crippen molar-refractivity contribution in [2.45, 2.75) is 0 Å². The fourth-order valence-electron chi connectivity index (χ4n) is 1.78. The molecule has 0 unspecified atom stereocenters. The molecule has 1 aromatic rings. The molecule has 0 amide bonds. The van der Waals surface area contributed by atoms with Gasteiger partial charge in [0, 0.05) is 0 Å². The van der Waals surface area contributed by atoms with Crippen molar-refractivity contribution in [1.82, 2.24) is 0 Å². The van der Waals surface area contributed by atoms with E-state index < -0.39 is 0 Å². The molecule has 98 valence electrons. The lowest BCUT2D eigenvalue weighted by atomic mass is 10.1. The molecule has 0 spiro atoms. The lowest BCUT2D eigenvalue weighted by molar-refractivity contribution is 0.398. The van der Waals surface area contributed by atoms with Gasteiger partial charge in [0.1, 0.15) is 17.3 Å². The van der Waals surface area contributed by atoms with E-state index in [1.165, 1.54) is 0 Å². The summed E-state index contributed by atoms with van der Waals surface area (Å²) in [7, 11) is 3.15. The number of hydrogen-bond donors (Lipinski definition) is 1. The minimum Gasteiger partial charge on any atom is -0.507 e. The van der Waals surface area contributed by atoms with Gasteiger partial charge in [0.2, 0.25) is 0 Å². The van der Waals surface area contributed by atoms with Crippen LogP contribution in [0.15, 0.2) is 60.2 Å². The van der Waals surface area contributed by atoms with Gasteiger partial charge in [0.25, 0.3) is 0 Å². The quantitative estimate of drug-likeness (QED) is 0.836. The highest BCUT2D eigenvalue weighted by atomic mass is 16.5. The summed E-state index contributed by atoms with van der Waals surface area (Å²) in [6.45, 7) is 0. The molecule has 0 saturated heterocycles. The second kappa shape index (κ2) is 5.96. The summed E-state index contributed by atoms with van der Waals surface area (Å²) >= 11 is 0. The third kappa shape index (κ3) is 3.07. The molecule has 3 nitrogen and oxygen atoms in total. The van der Waals surface area contributed by atoms with Crippen LogP contribution in [0.25, 0.3) is 5.76 Å². The molecule has 0 saturated carbocycles. The van der Waals surface area contributed by atoms with Crippen LogP contribution < -0.4 is 9.47 Å². The molecule has 1 aliphatic carbocycles. The number of rotatable bonds is 4. The summed E-state index contributed by atoms with van der Waals surface area (Å²) in [5, 5.41) is 10.1. The summed E-state index contributed by atoms with van der Waals surface area (Å²) in [6, 6.07) is 5.29. The molecule has 19 heavy (non-hydrogen) atoms. The van der Waals surface area contributed by atoms with E-state index in [1.54, 1.807) is 38.5 Å². The second-order valence-corrected chi connectivity index (χ2v) is 4.00. The monoisotopic (exact) mass is 256 g/mol. The average molecular weight is 256 g/mol. The summed E-state index contributed by atoms with van der Waals surface area (Å²) in [4.78, 5) is 0. The lowest BCUT2D eigenvalue weighted by Crippen LogP contribution is -1.93. The molecule has 0 radical (unpaired) electrons. The summed E-state index contributed by atoms with van der Waals surface area (Å²) < 4.78 is 10.4. The zero-order chi connectivity index (χ0) is 13.7. The molecule has 0 fully saturated rings. The maximum atomic E-state index is 10.1. The van der Waals surface area contributed by atoms with Crippen molar-refractivity contribution >= 4 is 5.76 Å². The Morgan fingerprint density at radius 1 is 1.11 bits per heavy atom. The minimum atomic E-state index is 0.136. The molecule has 0 bridgehead atoms. The Bertz CT molecular complexity index is 564. The van der Waals surface area contributed by atoms with E-state index in [2.05, 4.69) is 0 Å². The van der Waals surface area contributed by atoms with Crippen LogP contribution in [0.1, 0.15) is 5.56 Å². The predicted molar refractivity (Wildman–Crippen MR) is 76.5 cm³/mol.